The molecular formula is C16H19N5O2S. The second-order valence-corrected chi connectivity index (χ2v) is 6.50. The third-order valence-corrected chi connectivity index (χ3v) is 4.55. The lowest BCUT2D eigenvalue weighted by Crippen LogP contribution is -2.11. The summed E-state index contributed by atoms with van der Waals surface area (Å²) >= 11 is 1.70. The Labute approximate surface area is 142 Å². The van der Waals surface area contributed by atoms with Crippen molar-refractivity contribution in [1.29, 1.82) is 0 Å². The molecule has 0 spiro atoms. The van der Waals surface area contributed by atoms with E-state index >= 15 is 0 Å². The molecule has 0 unspecified atom stereocenters. The Morgan fingerprint density at radius 2 is 2.17 bits per heavy atom. The standard InChI is InChI=1S/C16H19N5O2S/c1-2-24-9-12-13(14(17)21(20-12)7-8-22)15-18-11-6-4-3-5-10(11)16(23)19-15/h3-6,22H,2,7-9,17H2,1H3,(H,18,19,23). The molecule has 0 aliphatic heterocycles. The van der Waals surface area contributed by atoms with E-state index in [-0.39, 0.29) is 12.2 Å². The van der Waals surface area contributed by atoms with Crippen LogP contribution in [0.25, 0.3) is 22.3 Å². The number of benzene rings is 1. The van der Waals surface area contributed by atoms with Crippen LogP contribution in [0.2, 0.25) is 0 Å². The van der Waals surface area contributed by atoms with Gasteiger partial charge in [-0.15, -0.1) is 0 Å². The maximum atomic E-state index is 12.3. The molecule has 126 valence electrons. The number of rotatable bonds is 6. The van der Waals surface area contributed by atoms with Crippen LogP contribution in [0.3, 0.4) is 0 Å². The average molecular weight is 345 g/mol. The third kappa shape index (κ3) is 3.02. The summed E-state index contributed by atoms with van der Waals surface area (Å²) in [6, 6.07) is 7.17. The fraction of sp³-hybridized carbons (Fsp3) is 0.312. The van der Waals surface area contributed by atoms with Crippen LogP contribution in [0, 0.1) is 0 Å². The molecule has 0 atom stereocenters. The number of nitrogen functional groups attached to an aromatic ring is 1. The van der Waals surface area contributed by atoms with Crippen molar-refractivity contribution in [3.05, 3.63) is 40.3 Å². The van der Waals surface area contributed by atoms with Gasteiger partial charge in [-0.2, -0.15) is 16.9 Å². The summed E-state index contributed by atoms with van der Waals surface area (Å²) < 4.78 is 1.55. The molecule has 0 fully saturated rings. The van der Waals surface area contributed by atoms with Crippen molar-refractivity contribution in [2.24, 2.45) is 0 Å². The van der Waals surface area contributed by atoms with E-state index in [1.165, 1.54) is 0 Å². The van der Waals surface area contributed by atoms with E-state index in [0.717, 1.165) is 11.4 Å². The number of hydrogen-bond donors (Lipinski definition) is 3. The highest BCUT2D eigenvalue weighted by Crippen LogP contribution is 2.29. The minimum Gasteiger partial charge on any atom is -0.394 e. The Morgan fingerprint density at radius 1 is 1.38 bits per heavy atom. The van der Waals surface area contributed by atoms with Gasteiger partial charge in [0.25, 0.3) is 5.56 Å². The lowest BCUT2D eigenvalue weighted by molar-refractivity contribution is 0.270. The summed E-state index contributed by atoms with van der Waals surface area (Å²) in [6.45, 7) is 2.30. The fourth-order valence-corrected chi connectivity index (χ4v) is 3.15. The molecule has 7 nitrogen and oxygen atoms in total. The SMILES string of the molecule is CCSCc1nn(CCO)c(N)c1-c1nc2ccccc2c(=O)[nH]1. The fourth-order valence-electron chi connectivity index (χ4n) is 2.55. The average Bonchev–Trinajstić information content (AvgIpc) is 2.89. The second kappa shape index (κ2) is 7.06. The molecule has 0 amide bonds. The number of anilines is 1. The monoisotopic (exact) mass is 345 g/mol. The summed E-state index contributed by atoms with van der Waals surface area (Å²) in [5, 5.41) is 14.2. The Balaban J connectivity index is 2.18. The number of nitrogens with zero attached hydrogens (tertiary/aromatic N) is 3. The number of H-pyrrole nitrogens is 1. The first-order chi connectivity index (χ1) is 11.7. The lowest BCUT2D eigenvalue weighted by Gasteiger charge is -2.05. The number of fused-ring (bicyclic) bond motifs is 1. The Hall–Kier alpha value is -2.32. The van der Waals surface area contributed by atoms with Gasteiger partial charge in [0, 0.05) is 5.75 Å². The van der Waals surface area contributed by atoms with E-state index in [1.807, 2.05) is 6.07 Å². The number of aromatic amines is 1. The Bertz CT molecular complexity index is 918. The first kappa shape index (κ1) is 16.5. The number of hydrogen-bond acceptors (Lipinski definition) is 6. The van der Waals surface area contributed by atoms with Gasteiger partial charge in [0.1, 0.15) is 11.6 Å². The van der Waals surface area contributed by atoms with Crippen molar-refractivity contribution < 1.29 is 5.11 Å². The molecular weight excluding hydrogens is 326 g/mol. The summed E-state index contributed by atoms with van der Waals surface area (Å²) in [4.78, 5) is 19.7. The van der Waals surface area contributed by atoms with Gasteiger partial charge in [-0.05, 0) is 17.9 Å². The molecule has 1 aromatic carbocycles. The molecule has 0 aliphatic carbocycles. The van der Waals surface area contributed by atoms with Crippen LogP contribution >= 0.6 is 11.8 Å². The van der Waals surface area contributed by atoms with Gasteiger partial charge in [-0.1, -0.05) is 19.1 Å². The predicted molar refractivity (Wildman–Crippen MR) is 96.9 cm³/mol. The minimum absolute atomic E-state index is 0.0622. The quantitative estimate of drug-likeness (QED) is 0.626. The zero-order chi connectivity index (χ0) is 17.1. The molecule has 2 heterocycles. The molecule has 0 saturated carbocycles. The first-order valence-corrected chi connectivity index (χ1v) is 8.84. The zero-order valence-corrected chi connectivity index (χ0v) is 14.1. The van der Waals surface area contributed by atoms with E-state index in [4.69, 9.17) is 5.73 Å². The Morgan fingerprint density at radius 3 is 2.92 bits per heavy atom. The van der Waals surface area contributed by atoms with Gasteiger partial charge in [-0.3, -0.25) is 4.79 Å². The predicted octanol–water partition coefficient (Wildman–Crippen LogP) is 1.61. The number of aromatic nitrogens is 4. The van der Waals surface area contributed by atoms with E-state index in [0.29, 0.717) is 40.4 Å². The summed E-state index contributed by atoms with van der Waals surface area (Å²) in [7, 11) is 0. The van der Waals surface area contributed by atoms with Crippen LogP contribution in [-0.2, 0) is 12.3 Å². The van der Waals surface area contributed by atoms with Crippen molar-refractivity contribution in [3.8, 4) is 11.4 Å². The van der Waals surface area contributed by atoms with Crippen LogP contribution in [0.5, 0.6) is 0 Å². The van der Waals surface area contributed by atoms with Crippen molar-refractivity contribution >= 4 is 28.5 Å². The van der Waals surface area contributed by atoms with E-state index < -0.39 is 0 Å². The van der Waals surface area contributed by atoms with Crippen molar-refractivity contribution in [1.82, 2.24) is 19.7 Å². The largest absolute Gasteiger partial charge is 0.394 e. The molecule has 3 rings (SSSR count). The van der Waals surface area contributed by atoms with Gasteiger partial charge < -0.3 is 15.8 Å². The summed E-state index contributed by atoms with van der Waals surface area (Å²) in [6.07, 6.45) is 0. The highest BCUT2D eigenvalue weighted by atomic mass is 32.2. The topological polar surface area (TPSA) is 110 Å². The smallest absolute Gasteiger partial charge is 0.259 e. The third-order valence-electron chi connectivity index (χ3n) is 3.67. The highest BCUT2D eigenvalue weighted by molar-refractivity contribution is 7.98. The van der Waals surface area contributed by atoms with Gasteiger partial charge in [0.05, 0.1) is 35.3 Å². The van der Waals surface area contributed by atoms with Crippen LogP contribution < -0.4 is 11.3 Å². The second-order valence-electron chi connectivity index (χ2n) is 5.22. The highest BCUT2D eigenvalue weighted by Gasteiger charge is 2.19. The summed E-state index contributed by atoms with van der Waals surface area (Å²) in [5.74, 6) is 2.40. The maximum Gasteiger partial charge on any atom is 0.259 e. The van der Waals surface area contributed by atoms with Gasteiger partial charge in [0.15, 0.2) is 0 Å². The van der Waals surface area contributed by atoms with Crippen LogP contribution in [0.4, 0.5) is 5.82 Å². The summed E-state index contributed by atoms with van der Waals surface area (Å²) in [5.41, 5.74) is 8.00. The zero-order valence-electron chi connectivity index (χ0n) is 13.3. The molecule has 0 bridgehead atoms. The van der Waals surface area contributed by atoms with Crippen LogP contribution in [-0.4, -0.2) is 37.2 Å². The molecule has 8 heteroatoms. The molecule has 2 aromatic heterocycles. The van der Waals surface area contributed by atoms with E-state index in [9.17, 15) is 9.90 Å². The number of nitrogens with one attached hydrogen (secondary N) is 1. The van der Waals surface area contributed by atoms with E-state index in [1.54, 1.807) is 34.6 Å². The number of thioether (sulfide) groups is 1. The Kier molecular flexibility index (Phi) is 4.86. The normalized spacial score (nSPS) is 11.2. The van der Waals surface area contributed by atoms with Gasteiger partial charge in [-0.25, -0.2) is 9.67 Å². The molecule has 24 heavy (non-hydrogen) atoms. The number of aliphatic hydroxyl groups is 1. The number of nitrogens with two attached hydrogens (primary N) is 1. The lowest BCUT2D eigenvalue weighted by atomic mass is 10.2. The molecule has 0 aliphatic rings. The number of aliphatic hydroxyl groups excluding tert-OH is 1. The van der Waals surface area contributed by atoms with Crippen LogP contribution in [0.15, 0.2) is 29.1 Å². The molecule has 0 saturated heterocycles. The van der Waals surface area contributed by atoms with Crippen molar-refractivity contribution in [3.63, 3.8) is 0 Å². The molecule has 4 N–H and O–H groups in total. The molecule has 3 aromatic rings. The maximum absolute atomic E-state index is 12.3. The first-order valence-electron chi connectivity index (χ1n) is 7.69. The van der Waals surface area contributed by atoms with E-state index in [2.05, 4.69) is 22.0 Å². The molecule has 0 radical (unpaired) electrons. The minimum atomic E-state index is -0.209. The van der Waals surface area contributed by atoms with Crippen LogP contribution in [0.1, 0.15) is 12.6 Å². The van der Waals surface area contributed by atoms with Gasteiger partial charge in [0.2, 0.25) is 0 Å². The van der Waals surface area contributed by atoms with Crippen molar-refractivity contribution in [2.45, 2.75) is 19.2 Å². The number of para-hydroxylation sites is 1. The van der Waals surface area contributed by atoms with Crippen molar-refractivity contribution in [2.75, 3.05) is 18.1 Å². The van der Waals surface area contributed by atoms with Gasteiger partial charge >= 0.3 is 0 Å².